The standard InChI is InChI=1S/C22H28N4O5/c1-16-5-8-20(13-18(16)14-21(27)23-11-12-24(2)3)25(4)22(28)31-15-17-6-9-19(10-7-17)26(29)30/h5-10,13H,11-12,14-15H2,1-4H3,(H,23,27). The van der Waals surface area contributed by atoms with Crippen LogP contribution in [0.25, 0.3) is 0 Å². The molecule has 0 aliphatic rings. The molecule has 9 heteroatoms. The van der Waals surface area contributed by atoms with Crippen molar-refractivity contribution in [1.29, 1.82) is 0 Å². The van der Waals surface area contributed by atoms with E-state index in [9.17, 15) is 19.7 Å². The van der Waals surface area contributed by atoms with Crippen LogP contribution in [0.3, 0.4) is 0 Å². The Morgan fingerprint density at radius 3 is 2.39 bits per heavy atom. The molecule has 2 aromatic carbocycles. The number of hydrogen-bond acceptors (Lipinski definition) is 6. The van der Waals surface area contributed by atoms with Gasteiger partial charge in [0.15, 0.2) is 0 Å². The number of nitrogens with one attached hydrogen (secondary N) is 1. The van der Waals surface area contributed by atoms with Gasteiger partial charge in [-0.05, 0) is 62.0 Å². The van der Waals surface area contributed by atoms with Gasteiger partial charge in [-0.1, -0.05) is 6.07 Å². The predicted molar refractivity (Wildman–Crippen MR) is 118 cm³/mol. The van der Waals surface area contributed by atoms with Crippen molar-refractivity contribution in [3.8, 4) is 0 Å². The van der Waals surface area contributed by atoms with Gasteiger partial charge in [0.05, 0.1) is 11.3 Å². The third kappa shape index (κ3) is 7.38. The van der Waals surface area contributed by atoms with Crippen LogP contribution < -0.4 is 10.2 Å². The lowest BCUT2D eigenvalue weighted by Gasteiger charge is -2.19. The Balaban J connectivity index is 1.96. The first-order valence-corrected chi connectivity index (χ1v) is 9.82. The van der Waals surface area contributed by atoms with Crippen molar-refractivity contribution in [2.75, 3.05) is 39.1 Å². The highest BCUT2D eigenvalue weighted by Gasteiger charge is 2.15. The van der Waals surface area contributed by atoms with Crippen molar-refractivity contribution in [2.45, 2.75) is 20.0 Å². The Labute approximate surface area is 181 Å². The van der Waals surface area contributed by atoms with Crippen LogP contribution in [0.1, 0.15) is 16.7 Å². The highest BCUT2D eigenvalue weighted by atomic mass is 16.6. The summed E-state index contributed by atoms with van der Waals surface area (Å²) in [6.45, 7) is 3.24. The van der Waals surface area contributed by atoms with E-state index in [0.717, 1.165) is 17.7 Å². The maximum Gasteiger partial charge on any atom is 0.414 e. The van der Waals surface area contributed by atoms with Gasteiger partial charge in [0.2, 0.25) is 5.91 Å². The van der Waals surface area contributed by atoms with Crippen molar-refractivity contribution in [3.63, 3.8) is 0 Å². The molecular formula is C22H28N4O5. The molecule has 0 bridgehead atoms. The van der Waals surface area contributed by atoms with Gasteiger partial charge >= 0.3 is 6.09 Å². The molecule has 31 heavy (non-hydrogen) atoms. The van der Waals surface area contributed by atoms with E-state index >= 15 is 0 Å². The summed E-state index contributed by atoms with van der Waals surface area (Å²) in [7, 11) is 5.47. The first kappa shape index (κ1) is 23.8. The van der Waals surface area contributed by atoms with E-state index in [1.807, 2.05) is 32.0 Å². The smallest absolute Gasteiger partial charge is 0.414 e. The van der Waals surface area contributed by atoms with Crippen LogP contribution >= 0.6 is 0 Å². The average Bonchev–Trinajstić information content (AvgIpc) is 2.73. The minimum atomic E-state index is -0.566. The molecule has 9 nitrogen and oxygen atoms in total. The summed E-state index contributed by atoms with van der Waals surface area (Å²) in [6.07, 6.45) is -0.345. The summed E-state index contributed by atoms with van der Waals surface area (Å²) in [5, 5.41) is 13.6. The number of hydrogen-bond donors (Lipinski definition) is 1. The number of nitro groups is 1. The van der Waals surface area contributed by atoms with E-state index in [-0.39, 0.29) is 24.6 Å². The Kier molecular flexibility index (Phi) is 8.51. The molecule has 0 saturated heterocycles. The molecule has 0 radical (unpaired) electrons. The molecule has 2 amide bonds. The van der Waals surface area contributed by atoms with Crippen LogP contribution in [0.2, 0.25) is 0 Å². The minimum absolute atomic E-state index is 0.00579. The average molecular weight is 428 g/mol. The quantitative estimate of drug-likeness (QED) is 0.486. The van der Waals surface area contributed by atoms with Gasteiger partial charge in [-0.15, -0.1) is 0 Å². The van der Waals surface area contributed by atoms with Crippen LogP contribution in [-0.2, 0) is 22.6 Å². The normalized spacial score (nSPS) is 10.6. The predicted octanol–water partition coefficient (Wildman–Crippen LogP) is 2.90. The monoisotopic (exact) mass is 428 g/mol. The van der Waals surface area contributed by atoms with E-state index in [1.54, 1.807) is 31.3 Å². The summed E-state index contributed by atoms with van der Waals surface area (Å²) in [6, 6.07) is 11.3. The van der Waals surface area contributed by atoms with Crippen LogP contribution in [0.15, 0.2) is 42.5 Å². The van der Waals surface area contributed by atoms with Gasteiger partial charge < -0.3 is 15.0 Å². The van der Waals surface area contributed by atoms with E-state index < -0.39 is 11.0 Å². The molecule has 166 valence electrons. The first-order valence-electron chi connectivity index (χ1n) is 9.82. The number of rotatable bonds is 9. The number of aryl methyl sites for hydroxylation is 1. The maximum absolute atomic E-state index is 12.4. The molecule has 2 rings (SSSR count). The third-order valence-electron chi connectivity index (χ3n) is 4.74. The molecule has 2 aromatic rings. The van der Waals surface area contributed by atoms with Crippen LogP contribution in [-0.4, -0.2) is 56.1 Å². The van der Waals surface area contributed by atoms with Crippen LogP contribution in [0.4, 0.5) is 16.2 Å². The molecule has 0 saturated carbocycles. The minimum Gasteiger partial charge on any atom is -0.444 e. The van der Waals surface area contributed by atoms with Crippen molar-refractivity contribution >= 4 is 23.4 Å². The number of benzene rings is 2. The number of ether oxygens (including phenoxy) is 1. The van der Waals surface area contributed by atoms with Gasteiger partial charge in [-0.25, -0.2) is 4.79 Å². The Bertz CT molecular complexity index is 928. The van der Waals surface area contributed by atoms with Crippen molar-refractivity contribution in [3.05, 3.63) is 69.3 Å². The Morgan fingerprint density at radius 2 is 1.77 bits per heavy atom. The summed E-state index contributed by atoms with van der Waals surface area (Å²) < 4.78 is 5.30. The second kappa shape index (κ2) is 11.1. The summed E-state index contributed by atoms with van der Waals surface area (Å²) in [5.41, 5.74) is 3.01. The molecule has 0 fully saturated rings. The van der Waals surface area contributed by atoms with Crippen LogP contribution in [0.5, 0.6) is 0 Å². The lowest BCUT2D eigenvalue weighted by molar-refractivity contribution is -0.384. The zero-order chi connectivity index (χ0) is 23.0. The fourth-order valence-corrected chi connectivity index (χ4v) is 2.77. The molecule has 1 N–H and O–H groups in total. The largest absolute Gasteiger partial charge is 0.444 e. The maximum atomic E-state index is 12.4. The van der Waals surface area contributed by atoms with E-state index in [2.05, 4.69) is 5.32 Å². The van der Waals surface area contributed by atoms with Gasteiger partial charge in [-0.3, -0.25) is 19.8 Å². The zero-order valence-electron chi connectivity index (χ0n) is 18.3. The fraction of sp³-hybridized carbons (Fsp3) is 0.364. The second-order valence-electron chi connectivity index (χ2n) is 7.48. The second-order valence-corrected chi connectivity index (χ2v) is 7.48. The number of non-ortho nitro benzene ring substituents is 1. The highest BCUT2D eigenvalue weighted by Crippen LogP contribution is 2.20. The number of anilines is 1. The SMILES string of the molecule is Cc1ccc(N(C)C(=O)OCc2ccc([N+](=O)[O-])cc2)cc1CC(=O)NCCN(C)C. The van der Waals surface area contributed by atoms with Gasteiger partial charge in [0.25, 0.3) is 5.69 Å². The molecule has 0 aliphatic carbocycles. The van der Waals surface area contributed by atoms with Crippen molar-refractivity contribution < 1.29 is 19.2 Å². The van der Waals surface area contributed by atoms with Gasteiger partial charge in [0, 0.05) is 38.0 Å². The molecule has 0 spiro atoms. The molecule has 0 atom stereocenters. The highest BCUT2D eigenvalue weighted by molar-refractivity contribution is 5.87. The lowest BCUT2D eigenvalue weighted by atomic mass is 10.0. The summed E-state index contributed by atoms with van der Waals surface area (Å²) >= 11 is 0. The molecule has 0 aliphatic heterocycles. The zero-order valence-corrected chi connectivity index (χ0v) is 18.3. The summed E-state index contributed by atoms with van der Waals surface area (Å²) in [4.78, 5) is 38.2. The lowest BCUT2D eigenvalue weighted by Crippen LogP contribution is -2.32. The fourth-order valence-electron chi connectivity index (χ4n) is 2.77. The van der Waals surface area contributed by atoms with Crippen LogP contribution in [0, 0.1) is 17.0 Å². The van der Waals surface area contributed by atoms with Gasteiger partial charge in [0.1, 0.15) is 6.61 Å². The van der Waals surface area contributed by atoms with E-state index in [4.69, 9.17) is 4.74 Å². The summed E-state index contributed by atoms with van der Waals surface area (Å²) in [5.74, 6) is -0.0782. The van der Waals surface area contributed by atoms with Gasteiger partial charge in [-0.2, -0.15) is 0 Å². The van der Waals surface area contributed by atoms with Crippen molar-refractivity contribution in [2.24, 2.45) is 0 Å². The molecule has 0 aromatic heterocycles. The number of amides is 2. The Hall–Kier alpha value is -3.46. The number of nitro benzene ring substituents is 1. The molecule has 0 unspecified atom stereocenters. The number of carbonyl (C=O) groups is 2. The number of nitrogens with zero attached hydrogens (tertiary/aromatic N) is 3. The first-order chi connectivity index (χ1) is 14.7. The number of likely N-dealkylation sites (N-methyl/N-ethyl adjacent to an activating group) is 1. The molecule has 0 heterocycles. The third-order valence-corrected chi connectivity index (χ3v) is 4.74. The van der Waals surface area contributed by atoms with E-state index in [1.165, 1.54) is 17.0 Å². The number of carbonyl (C=O) groups excluding carboxylic acids is 2. The topological polar surface area (TPSA) is 105 Å². The van der Waals surface area contributed by atoms with E-state index in [0.29, 0.717) is 17.8 Å². The van der Waals surface area contributed by atoms with Crippen molar-refractivity contribution in [1.82, 2.24) is 10.2 Å². The molecular weight excluding hydrogens is 400 g/mol. The Morgan fingerprint density at radius 1 is 1.10 bits per heavy atom.